The number of likely N-dealkylation sites (N-methyl/N-ethyl adjacent to an activating group) is 1. The summed E-state index contributed by atoms with van der Waals surface area (Å²) < 4.78 is 0. The van der Waals surface area contributed by atoms with E-state index in [1.54, 1.807) is 12.3 Å². The quantitative estimate of drug-likeness (QED) is 0.906. The van der Waals surface area contributed by atoms with Crippen LogP contribution < -0.4 is 5.32 Å². The average Bonchev–Trinajstić information content (AvgIpc) is 2.48. The van der Waals surface area contributed by atoms with Gasteiger partial charge in [0.1, 0.15) is 11.4 Å². The molecule has 0 spiro atoms. The number of rotatable bonds is 3. The molecule has 0 radical (unpaired) electrons. The number of nitrogens with one attached hydrogen (secondary N) is 1. The van der Waals surface area contributed by atoms with Crippen LogP contribution >= 0.6 is 0 Å². The second-order valence-corrected chi connectivity index (χ2v) is 6.39. The Morgan fingerprint density at radius 2 is 2.09 bits per heavy atom. The highest BCUT2D eigenvalue weighted by molar-refractivity contribution is 5.70. The SMILES string of the molecule is Cc1cc(C)c(-c2cnc(N[C@@H]3CCCN(C)C3)nn2)c(O)c1. The first-order chi connectivity index (χ1) is 11.0. The molecule has 2 heterocycles. The summed E-state index contributed by atoms with van der Waals surface area (Å²) in [5, 5.41) is 21.9. The molecule has 122 valence electrons. The largest absolute Gasteiger partial charge is 0.507 e. The van der Waals surface area contributed by atoms with Gasteiger partial charge in [-0.3, -0.25) is 0 Å². The lowest BCUT2D eigenvalue weighted by atomic mass is 10.0. The van der Waals surface area contributed by atoms with Gasteiger partial charge in [0.2, 0.25) is 5.95 Å². The highest BCUT2D eigenvalue weighted by Crippen LogP contribution is 2.31. The lowest BCUT2D eigenvalue weighted by molar-refractivity contribution is 0.260. The molecule has 0 unspecified atom stereocenters. The Hall–Kier alpha value is -2.21. The van der Waals surface area contributed by atoms with Gasteiger partial charge < -0.3 is 15.3 Å². The molecule has 2 aromatic rings. The lowest BCUT2D eigenvalue weighted by Crippen LogP contribution is -2.40. The Kier molecular flexibility index (Phi) is 4.43. The first kappa shape index (κ1) is 15.7. The number of aromatic nitrogens is 3. The van der Waals surface area contributed by atoms with Crippen LogP contribution in [0.1, 0.15) is 24.0 Å². The number of hydrogen-bond acceptors (Lipinski definition) is 6. The van der Waals surface area contributed by atoms with Crippen molar-refractivity contribution in [2.24, 2.45) is 0 Å². The summed E-state index contributed by atoms with van der Waals surface area (Å²) >= 11 is 0. The van der Waals surface area contributed by atoms with E-state index in [2.05, 4.69) is 32.4 Å². The van der Waals surface area contributed by atoms with Crippen LogP contribution in [0.2, 0.25) is 0 Å². The van der Waals surface area contributed by atoms with Gasteiger partial charge in [0.25, 0.3) is 0 Å². The summed E-state index contributed by atoms with van der Waals surface area (Å²) in [7, 11) is 2.12. The maximum atomic E-state index is 10.2. The highest BCUT2D eigenvalue weighted by atomic mass is 16.3. The van der Waals surface area contributed by atoms with Crippen LogP contribution in [0.4, 0.5) is 5.95 Å². The van der Waals surface area contributed by atoms with Crippen molar-refractivity contribution >= 4 is 5.95 Å². The minimum absolute atomic E-state index is 0.216. The van der Waals surface area contributed by atoms with E-state index in [1.165, 1.54) is 6.42 Å². The van der Waals surface area contributed by atoms with Crippen molar-refractivity contribution in [3.63, 3.8) is 0 Å². The molecule has 23 heavy (non-hydrogen) atoms. The van der Waals surface area contributed by atoms with Gasteiger partial charge in [-0.05, 0) is 57.5 Å². The van der Waals surface area contributed by atoms with E-state index < -0.39 is 0 Å². The van der Waals surface area contributed by atoms with Crippen LogP contribution in [0.25, 0.3) is 11.3 Å². The third-order valence-corrected chi connectivity index (χ3v) is 4.23. The van der Waals surface area contributed by atoms with E-state index in [0.717, 1.165) is 30.6 Å². The first-order valence-corrected chi connectivity index (χ1v) is 7.98. The third-order valence-electron chi connectivity index (χ3n) is 4.23. The van der Waals surface area contributed by atoms with Gasteiger partial charge in [-0.25, -0.2) is 4.98 Å². The molecule has 0 bridgehead atoms. The number of benzene rings is 1. The number of likely N-dealkylation sites (tertiary alicyclic amines) is 1. The standard InChI is InChI=1S/C17H23N5O/c1-11-7-12(2)16(15(23)8-11)14-9-18-17(21-20-14)19-13-5-4-6-22(3)10-13/h7-9,13,23H,4-6,10H2,1-3H3,(H,18,19,21)/t13-/m1/s1. The van der Waals surface area contributed by atoms with Gasteiger partial charge in [-0.1, -0.05) is 6.07 Å². The minimum atomic E-state index is 0.216. The number of aryl methyl sites for hydroxylation is 2. The summed E-state index contributed by atoms with van der Waals surface area (Å²) in [5.74, 6) is 0.756. The molecule has 1 aliphatic rings. The molecule has 3 rings (SSSR count). The van der Waals surface area contributed by atoms with Crippen LogP contribution in [0, 0.1) is 13.8 Å². The highest BCUT2D eigenvalue weighted by Gasteiger charge is 2.18. The molecule has 1 aliphatic heterocycles. The smallest absolute Gasteiger partial charge is 0.242 e. The van der Waals surface area contributed by atoms with Crippen molar-refractivity contribution in [1.82, 2.24) is 20.1 Å². The monoisotopic (exact) mass is 313 g/mol. The van der Waals surface area contributed by atoms with Gasteiger partial charge in [0.05, 0.1) is 6.20 Å². The normalized spacial score (nSPS) is 18.8. The second-order valence-electron chi connectivity index (χ2n) is 6.39. The zero-order chi connectivity index (χ0) is 16.4. The predicted molar refractivity (Wildman–Crippen MR) is 90.5 cm³/mol. The summed E-state index contributed by atoms with van der Waals surface area (Å²) in [5.41, 5.74) is 3.27. The number of aromatic hydroxyl groups is 1. The molecule has 0 saturated carbocycles. The predicted octanol–water partition coefficient (Wildman–Crippen LogP) is 2.37. The molecule has 6 nitrogen and oxygen atoms in total. The zero-order valence-electron chi connectivity index (χ0n) is 13.9. The molecule has 0 aliphatic carbocycles. The van der Waals surface area contributed by atoms with Crippen molar-refractivity contribution < 1.29 is 5.11 Å². The Morgan fingerprint density at radius 3 is 2.74 bits per heavy atom. The molecule has 2 N–H and O–H groups in total. The topological polar surface area (TPSA) is 74.2 Å². The molecule has 1 saturated heterocycles. The maximum Gasteiger partial charge on any atom is 0.242 e. The molecule has 0 amide bonds. The molecule has 6 heteroatoms. The number of hydrogen-bond donors (Lipinski definition) is 2. The Morgan fingerprint density at radius 1 is 1.26 bits per heavy atom. The van der Waals surface area contributed by atoms with Gasteiger partial charge in [-0.15, -0.1) is 10.2 Å². The fraction of sp³-hybridized carbons (Fsp3) is 0.471. The maximum absolute atomic E-state index is 10.2. The number of phenolic OH excluding ortho intramolecular Hbond substituents is 1. The van der Waals surface area contributed by atoms with Crippen LogP contribution in [0.15, 0.2) is 18.3 Å². The van der Waals surface area contributed by atoms with Crippen LogP contribution in [0.5, 0.6) is 5.75 Å². The van der Waals surface area contributed by atoms with Gasteiger partial charge >= 0.3 is 0 Å². The van der Waals surface area contributed by atoms with Crippen LogP contribution in [0.3, 0.4) is 0 Å². The van der Waals surface area contributed by atoms with E-state index in [9.17, 15) is 5.11 Å². The fourth-order valence-electron chi connectivity index (χ4n) is 3.20. The average molecular weight is 313 g/mol. The summed E-state index contributed by atoms with van der Waals surface area (Å²) in [4.78, 5) is 6.67. The van der Waals surface area contributed by atoms with Crippen molar-refractivity contribution in [2.45, 2.75) is 32.7 Å². The van der Waals surface area contributed by atoms with Gasteiger partial charge in [0.15, 0.2) is 0 Å². The third kappa shape index (κ3) is 3.59. The minimum Gasteiger partial charge on any atom is -0.507 e. The van der Waals surface area contributed by atoms with Crippen molar-refractivity contribution in [1.29, 1.82) is 0 Å². The number of phenols is 1. The van der Waals surface area contributed by atoms with Crippen LogP contribution in [-0.2, 0) is 0 Å². The van der Waals surface area contributed by atoms with E-state index in [-0.39, 0.29) is 5.75 Å². The molecular formula is C17H23N5O. The summed E-state index contributed by atoms with van der Waals surface area (Å²) in [6.45, 7) is 6.04. The van der Waals surface area contributed by atoms with Crippen molar-refractivity contribution in [3.05, 3.63) is 29.5 Å². The first-order valence-electron chi connectivity index (χ1n) is 7.98. The lowest BCUT2D eigenvalue weighted by Gasteiger charge is -2.29. The summed E-state index contributed by atoms with van der Waals surface area (Å²) in [6, 6.07) is 4.10. The van der Waals surface area contributed by atoms with E-state index >= 15 is 0 Å². The second kappa shape index (κ2) is 6.50. The molecular weight excluding hydrogens is 290 g/mol. The molecule has 1 atom stereocenters. The van der Waals surface area contributed by atoms with Crippen LogP contribution in [-0.4, -0.2) is 51.4 Å². The number of piperidine rings is 1. The Bertz CT molecular complexity index is 663. The molecule has 1 aromatic heterocycles. The summed E-state index contributed by atoms with van der Waals surface area (Å²) in [6.07, 6.45) is 3.96. The van der Waals surface area contributed by atoms with Gasteiger partial charge in [0, 0.05) is 18.2 Å². The van der Waals surface area contributed by atoms with Crippen molar-refractivity contribution in [3.8, 4) is 17.0 Å². The van der Waals surface area contributed by atoms with Gasteiger partial charge in [-0.2, -0.15) is 0 Å². The number of anilines is 1. The Labute approximate surface area is 136 Å². The van der Waals surface area contributed by atoms with E-state index in [4.69, 9.17) is 0 Å². The fourth-order valence-corrected chi connectivity index (χ4v) is 3.20. The zero-order valence-corrected chi connectivity index (χ0v) is 13.9. The van der Waals surface area contributed by atoms with E-state index in [0.29, 0.717) is 23.2 Å². The van der Waals surface area contributed by atoms with E-state index in [1.807, 2.05) is 19.9 Å². The van der Waals surface area contributed by atoms with Crippen molar-refractivity contribution in [2.75, 3.05) is 25.5 Å². The molecule has 1 aromatic carbocycles. The number of nitrogens with zero attached hydrogens (tertiary/aromatic N) is 4. The Balaban J connectivity index is 1.77. The molecule has 1 fully saturated rings.